The van der Waals surface area contributed by atoms with E-state index in [2.05, 4.69) is 10.6 Å². The van der Waals surface area contributed by atoms with Crippen molar-refractivity contribution in [1.82, 2.24) is 0 Å². The third-order valence-corrected chi connectivity index (χ3v) is 4.25. The number of carbonyl (C=O) groups is 2. The molecule has 0 bridgehead atoms. The number of nitrogens with one attached hydrogen (secondary N) is 2. The summed E-state index contributed by atoms with van der Waals surface area (Å²) in [6.45, 7) is 1.96. The molecule has 2 N–H and O–H groups in total. The molecule has 1 fully saturated rings. The van der Waals surface area contributed by atoms with Gasteiger partial charge in [0.1, 0.15) is 11.2 Å². The zero-order chi connectivity index (χ0) is 17.2. The summed E-state index contributed by atoms with van der Waals surface area (Å²) in [5, 5.41) is 5.67. The molecule has 5 nitrogen and oxygen atoms in total. The molecule has 2 amide bonds. The standard InChI is InChI=1S/C19H20N2O3/c1-13-6-5-7-14(12-13)20-17(22)19(10-11-19)18(23)21-15-8-3-4-9-16(15)24-2/h3-9,12H,10-11H2,1-2H3,(H,20,22)(H,21,23). The average molecular weight is 324 g/mol. The smallest absolute Gasteiger partial charge is 0.240 e. The molecule has 0 unspecified atom stereocenters. The van der Waals surface area contributed by atoms with Gasteiger partial charge in [-0.1, -0.05) is 24.3 Å². The maximum Gasteiger partial charge on any atom is 0.240 e. The van der Waals surface area contributed by atoms with Crippen LogP contribution in [0.1, 0.15) is 18.4 Å². The van der Waals surface area contributed by atoms with Crippen molar-refractivity contribution < 1.29 is 14.3 Å². The molecule has 24 heavy (non-hydrogen) atoms. The first-order valence-corrected chi connectivity index (χ1v) is 7.88. The summed E-state index contributed by atoms with van der Waals surface area (Å²) in [4.78, 5) is 25.2. The third-order valence-electron chi connectivity index (χ3n) is 4.25. The maximum absolute atomic E-state index is 12.6. The van der Waals surface area contributed by atoms with Crippen LogP contribution in [0.4, 0.5) is 11.4 Å². The van der Waals surface area contributed by atoms with Crippen molar-refractivity contribution in [2.75, 3.05) is 17.7 Å². The topological polar surface area (TPSA) is 67.4 Å². The van der Waals surface area contributed by atoms with Crippen LogP contribution in [-0.4, -0.2) is 18.9 Å². The van der Waals surface area contributed by atoms with Crippen molar-refractivity contribution in [3.8, 4) is 5.75 Å². The summed E-state index contributed by atoms with van der Waals surface area (Å²) in [5.41, 5.74) is 1.33. The number of para-hydroxylation sites is 2. The van der Waals surface area contributed by atoms with Gasteiger partial charge in [-0.2, -0.15) is 0 Å². The van der Waals surface area contributed by atoms with Crippen molar-refractivity contribution in [1.29, 1.82) is 0 Å². The fourth-order valence-electron chi connectivity index (χ4n) is 2.65. The van der Waals surface area contributed by atoms with E-state index in [0.717, 1.165) is 5.56 Å². The largest absolute Gasteiger partial charge is 0.495 e. The molecule has 0 atom stereocenters. The Kier molecular flexibility index (Phi) is 4.25. The number of carbonyl (C=O) groups excluding carboxylic acids is 2. The predicted molar refractivity (Wildman–Crippen MR) is 93.1 cm³/mol. The van der Waals surface area contributed by atoms with E-state index in [1.54, 1.807) is 19.2 Å². The van der Waals surface area contributed by atoms with Crippen LogP contribution >= 0.6 is 0 Å². The molecule has 0 saturated heterocycles. The second-order valence-electron chi connectivity index (χ2n) is 6.06. The number of ether oxygens (including phenoxy) is 1. The minimum absolute atomic E-state index is 0.263. The van der Waals surface area contributed by atoms with Gasteiger partial charge in [-0.25, -0.2) is 0 Å². The van der Waals surface area contributed by atoms with E-state index in [1.165, 1.54) is 0 Å². The van der Waals surface area contributed by atoms with Crippen LogP contribution in [0.2, 0.25) is 0 Å². The first-order valence-electron chi connectivity index (χ1n) is 7.88. The number of anilines is 2. The molecule has 3 rings (SSSR count). The van der Waals surface area contributed by atoms with Crippen LogP contribution in [0.15, 0.2) is 48.5 Å². The highest BCUT2D eigenvalue weighted by Gasteiger charge is 2.56. The normalized spacial score (nSPS) is 14.6. The Bertz CT molecular complexity index is 782. The highest BCUT2D eigenvalue weighted by molar-refractivity contribution is 6.17. The molecule has 0 heterocycles. The van der Waals surface area contributed by atoms with E-state index < -0.39 is 5.41 Å². The second kappa shape index (κ2) is 6.35. The van der Waals surface area contributed by atoms with Gasteiger partial charge < -0.3 is 15.4 Å². The molecule has 5 heteroatoms. The zero-order valence-electron chi connectivity index (χ0n) is 13.8. The van der Waals surface area contributed by atoms with Gasteiger partial charge in [-0.15, -0.1) is 0 Å². The fourth-order valence-corrected chi connectivity index (χ4v) is 2.65. The lowest BCUT2D eigenvalue weighted by Crippen LogP contribution is -2.35. The highest BCUT2D eigenvalue weighted by Crippen LogP contribution is 2.48. The number of amides is 2. The van der Waals surface area contributed by atoms with Gasteiger partial charge in [0.25, 0.3) is 0 Å². The summed E-state index contributed by atoms with van der Waals surface area (Å²) in [7, 11) is 1.54. The second-order valence-corrected chi connectivity index (χ2v) is 6.06. The average Bonchev–Trinajstić information content (AvgIpc) is 3.37. The van der Waals surface area contributed by atoms with Crippen molar-refractivity contribution in [2.24, 2.45) is 5.41 Å². The number of benzene rings is 2. The zero-order valence-corrected chi connectivity index (χ0v) is 13.8. The Balaban J connectivity index is 1.73. The minimum Gasteiger partial charge on any atom is -0.495 e. The maximum atomic E-state index is 12.6. The van der Waals surface area contributed by atoms with Crippen LogP contribution in [0, 0.1) is 12.3 Å². The van der Waals surface area contributed by atoms with Crippen LogP contribution in [0.25, 0.3) is 0 Å². The van der Waals surface area contributed by atoms with Gasteiger partial charge in [0.15, 0.2) is 0 Å². The SMILES string of the molecule is COc1ccccc1NC(=O)C1(C(=O)Nc2cccc(C)c2)CC1. The quantitative estimate of drug-likeness (QED) is 0.829. The third kappa shape index (κ3) is 3.11. The van der Waals surface area contributed by atoms with Crippen molar-refractivity contribution >= 4 is 23.2 Å². The molecule has 124 valence electrons. The molecule has 2 aromatic rings. The lowest BCUT2D eigenvalue weighted by Gasteiger charge is -2.17. The molecule has 0 aromatic heterocycles. The lowest BCUT2D eigenvalue weighted by atomic mass is 10.0. The van der Waals surface area contributed by atoms with Crippen LogP contribution in [0.3, 0.4) is 0 Å². The summed E-state index contributed by atoms with van der Waals surface area (Å²) in [6.07, 6.45) is 1.09. The van der Waals surface area contributed by atoms with E-state index in [0.29, 0.717) is 30.0 Å². The Morgan fingerprint density at radius 3 is 2.38 bits per heavy atom. The summed E-state index contributed by atoms with van der Waals surface area (Å²) >= 11 is 0. The number of hydrogen-bond donors (Lipinski definition) is 2. The fraction of sp³-hybridized carbons (Fsp3) is 0.263. The summed E-state index contributed by atoms with van der Waals surface area (Å²) in [5.74, 6) is 0.0124. The van der Waals surface area contributed by atoms with Crippen molar-refractivity contribution in [3.63, 3.8) is 0 Å². The number of hydrogen-bond acceptors (Lipinski definition) is 3. The molecule has 0 spiro atoms. The van der Waals surface area contributed by atoms with Gasteiger partial charge >= 0.3 is 0 Å². The van der Waals surface area contributed by atoms with E-state index >= 15 is 0 Å². The molecule has 0 aliphatic heterocycles. The highest BCUT2D eigenvalue weighted by atomic mass is 16.5. The molecule has 0 radical (unpaired) electrons. The van der Waals surface area contributed by atoms with Crippen LogP contribution in [0.5, 0.6) is 5.75 Å². The van der Waals surface area contributed by atoms with E-state index in [4.69, 9.17) is 4.74 Å². The van der Waals surface area contributed by atoms with E-state index in [1.807, 2.05) is 43.3 Å². The minimum atomic E-state index is -0.995. The van der Waals surface area contributed by atoms with E-state index in [9.17, 15) is 9.59 Å². The predicted octanol–water partition coefficient (Wildman–Crippen LogP) is 3.36. The van der Waals surface area contributed by atoms with Gasteiger partial charge in [-0.05, 0) is 49.6 Å². The van der Waals surface area contributed by atoms with Gasteiger partial charge in [0.2, 0.25) is 11.8 Å². The monoisotopic (exact) mass is 324 g/mol. The Labute approximate surface area is 141 Å². The molecule has 1 aliphatic rings. The van der Waals surface area contributed by atoms with E-state index in [-0.39, 0.29) is 11.8 Å². The van der Waals surface area contributed by atoms with Gasteiger partial charge in [0, 0.05) is 5.69 Å². The molecule has 2 aromatic carbocycles. The molecule has 1 saturated carbocycles. The number of aryl methyl sites for hydroxylation is 1. The lowest BCUT2D eigenvalue weighted by molar-refractivity contribution is -0.131. The Morgan fingerprint density at radius 1 is 1.00 bits per heavy atom. The van der Waals surface area contributed by atoms with Crippen LogP contribution in [-0.2, 0) is 9.59 Å². The number of rotatable bonds is 5. The van der Waals surface area contributed by atoms with Gasteiger partial charge in [0.05, 0.1) is 12.8 Å². The Morgan fingerprint density at radius 2 is 1.71 bits per heavy atom. The summed E-state index contributed by atoms with van der Waals surface area (Å²) in [6, 6.07) is 14.7. The summed E-state index contributed by atoms with van der Waals surface area (Å²) < 4.78 is 5.23. The van der Waals surface area contributed by atoms with Crippen LogP contribution < -0.4 is 15.4 Å². The molecular formula is C19H20N2O3. The Hall–Kier alpha value is -2.82. The first kappa shape index (κ1) is 16.1. The molecular weight excluding hydrogens is 304 g/mol. The van der Waals surface area contributed by atoms with Crippen molar-refractivity contribution in [3.05, 3.63) is 54.1 Å². The first-order chi connectivity index (χ1) is 11.5. The van der Waals surface area contributed by atoms with Crippen molar-refractivity contribution in [2.45, 2.75) is 19.8 Å². The molecule has 1 aliphatic carbocycles. The van der Waals surface area contributed by atoms with Gasteiger partial charge in [-0.3, -0.25) is 9.59 Å². The number of methoxy groups -OCH3 is 1.